The fraction of sp³-hybridized carbons (Fsp3) is 0.444. The van der Waals surface area contributed by atoms with Crippen LogP contribution in [0.15, 0.2) is 85.1 Å². The van der Waals surface area contributed by atoms with Crippen molar-refractivity contribution in [3.63, 3.8) is 0 Å². The van der Waals surface area contributed by atoms with E-state index in [4.69, 9.17) is 25.4 Å². The number of aryl methyl sites for hydroxylation is 1. The van der Waals surface area contributed by atoms with Crippen LogP contribution in [-0.2, 0) is 43.4 Å². The molecule has 3 aromatic carbocycles. The Morgan fingerprint density at radius 2 is 1.83 bits per heavy atom. The number of phosphoric ester groups is 1. The van der Waals surface area contributed by atoms with Gasteiger partial charge in [-0.15, -0.1) is 0 Å². The summed E-state index contributed by atoms with van der Waals surface area (Å²) in [5.41, 5.74) is 4.49. The van der Waals surface area contributed by atoms with Gasteiger partial charge in [0.25, 0.3) is 0 Å². The molecule has 1 aromatic heterocycles. The van der Waals surface area contributed by atoms with Crippen molar-refractivity contribution in [3.05, 3.63) is 118 Å². The minimum absolute atomic E-state index is 0.147. The lowest BCUT2D eigenvalue weighted by atomic mass is 9.59. The maximum Gasteiger partial charge on any atom is 0.527 e. The van der Waals surface area contributed by atoms with Gasteiger partial charge in [-0.05, 0) is 140 Å². The summed E-state index contributed by atoms with van der Waals surface area (Å²) >= 11 is 6.27. The van der Waals surface area contributed by atoms with Crippen LogP contribution in [0, 0.1) is 11.8 Å². The Labute approximate surface area is 345 Å². The molecular weight excluding hydrogens is 777 g/mol. The van der Waals surface area contributed by atoms with E-state index in [1.807, 2.05) is 60.8 Å². The number of carbonyl (C=O) groups excluding carboxylic acids is 1. The molecule has 0 aliphatic heterocycles. The second kappa shape index (κ2) is 17.8. The topological polar surface area (TPSA) is 156 Å². The molecule has 3 aliphatic rings. The number of hydrogen-bond acceptors (Lipinski definition) is 8. The molecule has 1 fully saturated rings. The molecule has 1 amide bonds. The predicted molar refractivity (Wildman–Crippen MR) is 224 cm³/mol. The standard InChI is InChI=1S/C45H53ClN3O8P/c1-30(28-55-40-17-23-47-39-13-6-8-31(2)42(39)40)24-34-25-33-14-15-37(57-58(53,54)56-29-41(50)48-22-16-32-9-4-3-5-10-32)27-38(33)44(34)18-20-45(21-19-44,43(51)52)49-36-12-7-11-35(46)26-36/h3-5,7,9-12,14-15,17,23,26-27,30-31,34,49H,6,8,13,16,18-22,24-25,28-29H2,1-2H3,(H,48,50)(H,51,52)(H,53,54)/t30-,31-,34+,44?,45?/m1/s1. The summed E-state index contributed by atoms with van der Waals surface area (Å²) in [5, 5.41) is 17.2. The molecular formula is C45H53ClN3O8P. The molecule has 58 heavy (non-hydrogen) atoms. The normalized spacial score (nSPS) is 23.9. The summed E-state index contributed by atoms with van der Waals surface area (Å²) in [7, 11) is -4.68. The number of aromatic nitrogens is 1. The van der Waals surface area contributed by atoms with Crippen molar-refractivity contribution >= 4 is 37.0 Å². The van der Waals surface area contributed by atoms with Crippen molar-refractivity contribution in [2.24, 2.45) is 11.8 Å². The van der Waals surface area contributed by atoms with Gasteiger partial charge in [0.15, 0.2) is 0 Å². The number of carboxylic acid groups (broad SMARTS) is 1. The van der Waals surface area contributed by atoms with Crippen molar-refractivity contribution in [2.45, 2.75) is 94.9 Å². The van der Waals surface area contributed by atoms with Crippen LogP contribution in [0.1, 0.15) is 92.7 Å². The zero-order valence-corrected chi connectivity index (χ0v) is 34.8. The minimum atomic E-state index is -4.68. The molecule has 3 aliphatic carbocycles. The second-order valence-corrected chi connectivity index (χ2v) is 18.2. The molecule has 4 N–H and O–H groups in total. The van der Waals surface area contributed by atoms with Gasteiger partial charge in [0.05, 0.1) is 6.61 Å². The van der Waals surface area contributed by atoms with Crippen molar-refractivity contribution in [3.8, 4) is 11.5 Å². The van der Waals surface area contributed by atoms with E-state index in [1.165, 1.54) is 5.56 Å². The summed E-state index contributed by atoms with van der Waals surface area (Å²) in [6, 6.07) is 24.2. The molecule has 11 nitrogen and oxygen atoms in total. The van der Waals surface area contributed by atoms with Crippen molar-refractivity contribution in [1.82, 2.24) is 10.3 Å². The molecule has 1 saturated carbocycles. The number of fused-ring (bicyclic) bond motifs is 3. The first kappa shape index (κ1) is 41.7. The van der Waals surface area contributed by atoms with Crippen LogP contribution in [0.25, 0.3) is 0 Å². The van der Waals surface area contributed by atoms with Crippen molar-refractivity contribution < 1.29 is 37.9 Å². The Balaban J connectivity index is 1.07. The summed E-state index contributed by atoms with van der Waals surface area (Å²) in [6.45, 7) is 4.68. The molecule has 0 bridgehead atoms. The van der Waals surface area contributed by atoms with Gasteiger partial charge in [-0.1, -0.05) is 67.9 Å². The van der Waals surface area contributed by atoms with Gasteiger partial charge >= 0.3 is 13.8 Å². The smallest absolute Gasteiger partial charge is 0.493 e. The van der Waals surface area contributed by atoms with E-state index in [0.29, 0.717) is 61.9 Å². The quantitative estimate of drug-likeness (QED) is 0.0804. The highest BCUT2D eigenvalue weighted by Crippen LogP contribution is 2.57. The van der Waals surface area contributed by atoms with Gasteiger partial charge in [0.1, 0.15) is 23.6 Å². The van der Waals surface area contributed by atoms with E-state index < -0.39 is 37.3 Å². The third-order valence-electron chi connectivity index (χ3n) is 12.4. The van der Waals surface area contributed by atoms with E-state index in [9.17, 15) is 24.2 Å². The Bertz CT molecular complexity index is 2140. The molecule has 308 valence electrons. The largest absolute Gasteiger partial charge is 0.527 e. The highest BCUT2D eigenvalue weighted by molar-refractivity contribution is 7.47. The van der Waals surface area contributed by atoms with Crippen LogP contribution in [0.4, 0.5) is 5.69 Å². The Hall–Kier alpha value is -4.41. The fourth-order valence-corrected chi connectivity index (χ4v) is 10.4. The van der Waals surface area contributed by atoms with Gasteiger partial charge in [-0.3, -0.25) is 19.2 Å². The molecule has 4 atom stereocenters. The monoisotopic (exact) mass is 829 g/mol. The maximum atomic E-state index is 13.1. The first-order chi connectivity index (χ1) is 27.8. The first-order valence-corrected chi connectivity index (χ1v) is 22.2. The van der Waals surface area contributed by atoms with E-state index in [-0.39, 0.29) is 17.6 Å². The number of nitrogens with one attached hydrogen (secondary N) is 2. The fourth-order valence-electron chi connectivity index (χ4n) is 9.48. The number of aliphatic carboxylic acids is 1. The van der Waals surface area contributed by atoms with E-state index in [0.717, 1.165) is 60.2 Å². The number of phosphoric acid groups is 1. The summed E-state index contributed by atoms with van der Waals surface area (Å²) in [6.07, 6.45) is 9.08. The average molecular weight is 830 g/mol. The number of ether oxygens (including phenoxy) is 1. The van der Waals surface area contributed by atoms with Crippen molar-refractivity contribution in [2.75, 3.05) is 25.1 Å². The van der Waals surface area contributed by atoms with Crippen LogP contribution >= 0.6 is 19.4 Å². The van der Waals surface area contributed by atoms with Gasteiger partial charge in [-0.25, -0.2) is 9.36 Å². The molecule has 1 unspecified atom stereocenters. The Morgan fingerprint density at radius 3 is 2.59 bits per heavy atom. The molecule has 0 saturated heterocycles. The van der Waals surface area contributed by atoms with Gasteiger partial charge in [0.2, 0.25) is 5.91 Å². The van der Waals surface area contributed by atoms with E-state index >= 15 is 0 Å². The number of rotatable bonds is 16. The molecule has 7 rings (SSSR count). The number of hydrogen-bond donors (Lipinski definition) is 4. The Kier molecular flexibility index (Phi) is 12.8. The summed E-state index contributed by atoms with van der Waals surface area (Å²) in [5.74, 6) is 0.322. The highest BCUT2D eigenvalue weighted by Gasteiger charge is 2.54. The zero-order chi connectivity index (χ0) is 40.9. The summed E-state index contributed by atoms with van der Waals surface area (Å²) < 4.78 is 30.4. The number of benzene rings is 3. The minimum Gasteiger partial charge on any atom is -0.493 e. The number of nitrogens with zero attached hydrogens (tertiary/aromatic N) is 1. The first-order valence-electron chi connectivity index (χ1n) is 20.3. The van der Waals surface area contributed by atoms with E-state index in [1.54, 1.807) is 24.3 Å². The molecule has 1 spiro atoms. The van der Waals surface area contributed by atoms with E-state index in [2.05, 4.69) is 29.5 Å². The van der Waals surface area contributed by atoms with Crippen LogP contribution in [0.3, 0.4) is 0 Å². The third kappa shape index (κ3) is 9.55. The number of carbonyl (C=O) groups is 2. The Morgan fingerprint density at radius 1 is 1.03 bits per heavy atom. The van der Waals surface area contributed by atoms with Crippen LogP contribution in [0.2, 0.25) is 5.02 Å². The van der Waals surface area contributed by atoms with Crippen LogP contribution in [-0.4, -0.2) is 52.2 Å². The van der Waals surface area contributed by atoms with Gasteiger partial charge < -0.3 is 25.0 Å². The van der Waals surface area contributed by atoms with Crippen LogP contribution in [0.5, 0.6) is 11.5 Å². The molecule has 13 heteroatoms. The lowest BCUT2D eigenvalue weighted by Gasteiger charge is -2.47. The molecule has 4 aromatic rings. The number of amides is 1. The number of carboxylic acids is 1. The number of pyridine rings is 1. The highest BCUT2D eigenvalue weighted by atomic mass is 35.5. The SMILES string of the molecule is C[C@@H](COc1ccnc2c1[C@H](C)CCC2)C[C@H]1Cc2ccc(OP(=O)(O)OCC(=O)NCCc3ccccc3)cc2C12CCC(Nc1cccc(Cl)c1)(C(=O)O)CC2. The molecule has 1 heterocycles. The predicted octanol–water partition coefficient (Wildman–Crippen LogP) is 9.05. The lowest BCUT2D eigenvalue weighted by Crippen LogP contribution is -2.53. The molecule has 0 radical (unpaired) electrons. The number of halogens is 1. The van der Waals surface area contributed by atoms with Crippen LogP contribution < -0.4 is 19.9 Å². The average Bonchev–Trinajstić information content (AvgIpc) is 3.48. The van der Waals surface area contributed by atoms with Gasteiger partial charge in [-0.2, -0.15) is 0 Å². The second-order valence-electron chi connectivity index (χ2n) is 16.4. The zero-order valence-electron chi connectivity index (χ0n) is 33.1. The number of anilines is 1. The van der Waals surface area contributed by atoms with Crippen molar-refractivity contribution in [1.29, 1.82) is 0 Å². The third-order valence-corrected chi connectivity index (χ3v) is 13.6. The lowest BCUT2D eigenvalue weighted by molar-refractivity contribution is -0.144. The summed E-state index contributed by atoms with van der Waals surface area (Å²) in [4.78, 5) is 40.8. The maximum absolute atomic E-state index is 13.1. The van der Waals surface area contributed by atoms with Gasteiger partial charge in [0, 0.05) is 34.7 Å².